The molecule has 2 heterocycles. The smallest absolute Gasteiger partial charge is 0.340 e. The predicted octanol–water partition coefficient (Wildman–Crippen LogP) is 7.06. The van der Waals surface area contributed by atoms with E-state index < -0.39 is 59.7 Å². The second kappa shape index (κ2) is 15.9. The lowest BCUT2D eigenvalue weighted by atomic mass is 9.77. The minimum atomic E-state index is -1.55. The molecule has 1 amide bonds. The van der Waals surface area contributed by atoms with Gasteiger partial charge in [0.15, 0.2) is 12.4 Å². The summed E-state index contributed by atoms with van der Waals surface area (Å²) in [7, 11) is 3.43. The minimum Gasteiger partial charge on any atom is -0.468 e. The first-order valence-electron chi connectivity index (χ1n) is 18.5. The van der Waals surface area contributed by atoms with E-state index in [4.69, 9.17) is 33.2 Å². The van der Waals surface area contributed by atoms with Crippen LogP contribution in [0, 0.1) is 0 Å². The Morgan fingerprint density at radius 2 is 1.26 bits per heavy atom. The fourth-order valence-corrected chi connectivity index (χ4v) is 6.75. The number of amides is 1. The highest BCUT2D eigenvalue weighted by molar-refractivity contribution is 6.03. The Morgan fingerprint density at radius 3 is 1.84 bits per heavy atom. The molecule has 6 rings (SSSR count). The molecule has 14 heteroatoms. The summed E-state index contributed by atoms with van der Waals surface area (Å²) < 4.78 is 39.6. The van der Waals surface area contributed by atoms with Crippen molar-refractivity contribution in [2.24, 2.45) is 0 Å². The summed E-state index contributed by atoms with van der Waals surface area (Å²) in [6.45, 7) is 10.4. The molecule has 0 bridgehead atoms. The van der Waals surface area contributed by atoms with E-state index in [-0.39, 0.29) is 29.4 Å². The van der Waals surface area contributed by atoms with Gasteiger partial charge < -0.3 is 43.0 Å². The van der Waals surface area contributed by atoms with Crippen LogP contribution in [0.15, 0.2) is 78.9 Å². The van der Waals surface area contributed by atoms with Crippen LogP contribution >= 0.6 is 0 Å². The van der Waals surface area contributed by atoms with E-state index >= 15 is 0 Å². The molecule has 0 saturated heterocycles. The first-order valence-corrected chi connectivity index (χ1v) is 18.5. The highest BCUT2D eigenvalue weighted by Crippen LogP contribution is 2.57. The Labute approximate surface area is 336 Å². The quantitative estimate of drug-likeness (QED) is 0.0659. The maximum Gasteiger partial charge on any atom is 0.340 e. The number of hydrogen-bond donors (Lipinski definition) is 0. The van der Waals surface area contributed by atoms with Crippen LogP contribution in [0.25, 0.3) is 0 Å². The zero-order valence-electron chi connectivity index (χ0n) is 33.9. The molecule has 2 aliphatic rings. The van der Waals surface area contributed by atoms with Crippen molar-refractivity contribution >= 4 is 41.2 Å². The molecule has 0 aromatic heterocycles. The van der Waals surface area contributed by atoms with Gasteiger partial charge in [-0.25, -0.2) is 4.79 Å². The van der Waals surface area contributed by atoms with Gasteiger partial charge in [0.2, 0.25) is 0 Å². The number of ether oxygens (including phenoxy) is 7. The van der Waals surface area contributed by atoms with Crippen molar-refractivity contribution in [3.63, 3.8) is 0 Å². The highest BCUT2D eigenvalue weighted by Gasteiger charge is 2.54. The molecule has 0 saturated carbocycles. The van der Waals surface area contributed by atoms with Crippen LogP contribution < -0.4 is 19.1 Å². The molecule has 58 heavy (non-hydrogen) atoms. The molecule has 2 aliphatic heterocycles. The van der Waals surface area contributed by atoms with Crippen LogP contribution in [-0.4, -0.2) is 79.9 Å². The monoisotopic (exact) mass is 794 g/mol. The summed E-state index contributed by atoms with van der Waals surface area (Å²) in [6.07, 6.45) is 0. The number of methoxy groups -OCH3 is 1. The van der Waals surface area contributed by atoms with Crippen molar-refractivity contribution in [3.8, 4) is 23.0 Å². The molecule has 304 valence electrons. The fourth-order valence-electron chi connectivity index (χ4n) is 6.75. The molecule has 4 aromatic carbocycles. The molecular formula is C44H46N2O12. The number of esters is 4. The first-order chi connectivity index (χ1) is 27.3. The van der Waals surface area contributed by atoms with Gasteiger partial charge in [-0.3, -0.25) is 19.2 Å². The van der Waals surface area contributed by atoms with Crippen LogP contribution in [0.2, 0.25) is 0 Å². The first kappa shape index (κ1) is 41.2. The predicted molar refractivity (Wildman–Crippen MR) is 211 cm³/mol. The molecule has 1 unspecified atom stereocenters. The number of anilines is 2. The van der Waals surface area contributed by atoms with Crippen LogP contribution in [0.5, 0.6) is 23.0 Å². The van der Waals surface area contributed by atoms with Crippen molar-refractivity contribution in [2.75, 3.05) is 38.9 Å². The largest absolute Gasteiger partial charge is 0.468 e. The van der Waals surface area contributed by atoms with Crippen LogP contribution in [0.4, 0.5) is 11.4 Å². The van der Waals surface area contributed by atoms with Crippen molar-refractivity contribution in [2.45, 2.75) is 65.3 Å². The van der Waals surface area contributed by atoms with E-state index in [0.29, 0.717) is 28.2 Å². The van der Waals surface area contributed by atoms with Gasteiger partial charge in [-0.05, 0) is 102 Å². The Morgan fingerprint density at radius 1 is 0.707 bits per heavy atom. The van der Waals surface area contributed by atoms with Crippen molar-refractivity contribution in [1.29, 1.82) is 0 Å². The van der Waals surface area contributed by atoms with Gasteiger partial charge in [0.05, 0.1) is 5.56 Å². The fraction of sp³-hybridized carbons (Fsp3) is 0.341. The van der Waals surface area contributed by atoms with Gasteiger partial charge in [0.25, 0.3) is 5.91 Å². The Bertz CT molecular complexity index is 2240. The summed E-state index contributed by atoms with van der Waals surface area (Å²) in [5, 5.41) is 0. The van der Waals surface area contributed by atoms with E-state index in [1.807, 2.05) is 54.4 Å². The Kier molecular flexibility index (Phi) is 11.3. The average Bonchev–Trinajstić information content (AvgIpc) is 3.42. The summed E-state index contributed by atoms with van der Waals surface area (Å²) in [5.41, 5.74) is -0.188. The molecule has 14 nitrogen and oxygen atoms in total. The Balaban J connectivity index is 1.41. The maximum atomic E-state index is 14.1. The van der Waals surface area contributed by atoms with Gasteiger partial charge in [0, 0.05) is 66.8 Å². The third kappa shape index (κ3) is 8.76. The molecule has 4 aromatic rings. The molecule has 0 aliphatic carbocycles. The zero-order valence-corrected chi connectivity index (χ0v) is 33.9. The lowest BCUT2D eigenvalue weighted by Crippen LogP contribution is -2.43. The van der Waals surface area contributed by atoms with Crippen molar-refractivity contribution < 1.29 is 57.1 Å². The Hall–Kier alpha value is -6.41. The third-order valence-electron chi connectivity index (χ3n) is 8.99. The third-order valence-corrected chi connectivity index (χ3v) is 8.99. The van der Waals surface area contributed by atoms with E-state index in [1.165, 1.54) is 19.1 Å². The minimum absolute atomic E-state index is 0.0215. The van der Waals surface area contributed by atoms with E-state index in [2.05, 4.69) is 0 Å². The second-order valence-corrected chi connectivity index (χ2v) is 15.8. The molecule has 0 N–H and O–H groups in total. The number of carbonyl (C=O) groups excluding carboxylic acids is 5. The lowest BCUT2D eigenvalue weighted by molar-refractivity contribution is -0.158. The van der Waals surface area contributed by atoms with Gasteiger partial charge in [-0.2, -0.15) is 0 Å². The maximum absolute atomic E-state index is 14.1. The van der Waals surface area contributed by atoms with Gasteiger partial charge in [-0.15, -0.1) is 0 Å². The van der Waals surface area contributed by atoms with Crippen molar-refractivity contribution in [3.05, 3.63) is 107 Å². The van der Waals surface area contributed by atoms with E-state index in [9.17, 15) is 24.0 Å². The normalized spacial score (nSPS) is 15.2. The number of benzene rings is 4. The summed E-state index contributed by atoms with van der Waals surface area (Å²) in [4.78, 5) is 68.8. The molecular weight excluding hydrogens is 748 g/mol. The van der Waals surface area contributed by atoms with Gasteiger partial charge in [0.1, 0.15) is 47.3 Å². The average molecular weight is 795 g/mol. The second-order valence-electron chi connectivity index (χ2n) is 15.8. The summed E-state index contributed by atoms with van der Waals surface area (Å²) in [5.74, 6) is -1.94. The highest BCUT2D eigenvalue weighted by atomic mass is 16.7. The summed E-state index contributed by atoms with van der Waals surface area (Å²) >= 11 is 0. The molecule has 1 atom stereocenters. The molecule has 0 fully saturated rings. The van der Waals surface area contributed by atoms with E-state index in [1.54, 1.807) is 72.9 Å². The number of fused-ring (bicyclic) bond motifs is 6. The summed E-state index contributed by atoms with van der Waals surface area (Å²) in [6, 6.07) is 22.2. The SMILES string of the molecule is COCOc1ccc(N(C)c2ccc3c(c2)Oc2cc(OC(C)=O)ccc2C32OC(=O)c3cc(C(=O)N(CC(=O)OC(C)(C)C)CC(=O)OC(C)(C)C)ccc32)cc1. The number of carbonyl (C=O) groups is 5. The van der Waals surface area contributed by atoms with Gasteiger partial charge >= 0.3 is 23.9 Å². The number of nitrogens with zero attached hydrogens (tertiary/aromatic N) is 2. The zero-order chi connectivity index (χ0) is 42.2. The molecule has 0 radical (unpaired) electrons. The van der Waals surface area contributed by atoms with Crippen LogP contribution in [0.1, 0.15) is 85.9 Å². The number of rotatable bonds is 11. The lowest BCUT2D eigenvalue weighted by Gasteiger charge is -2.37. The molecule has 1 spiro atoms. The number of hydrogen-bond acceptors (Lipinski definition) is 13. The van der Waals surface area contributed by atoms with Gasteiger partial charge in [-0.1, -0.05) is 6.07 Å². The van der Waals surface area contributed by atoms with E-state index in [0.717, 1.165) is 16.3 Å². The van der Waals surface area contributed by atoms with Crippen LogP contribution in [-0.2, 0) is 38.9 Å². The van der Waals surface area contributed by atoms with Crippen LogP contribution in [0.3, 0.4) is 0 Å². The standard InChI is InChI=1S/C44H46N2O12/c1-26(47)54-31-16-19-35-37(22-31)55-36-21-29(45(8)28-11-14-30(15-12-28)53-25-52-9)13-18-34(36)44(35)33-17-10-27(20-32(33)41(51)58-44)40(50)46(23-38(48)56-42(2,3)4)24-39(49)57-43(5,6)7/h10-22H,23-25H2,1-9H3. The topological polar surface area (TPSA) is 156 Å². The van der Waals surface area contributed by atoms with Crippen molar-refractivity contribution in [1.82, 2.24) is 4.90 Å².